The number of halogens is 1. The van der Waals surface area contributed by atoms with Crippen molar-refractivity contribution in [2.45, 2.75) is 0 Å². The van der Waals surface area contributed by atoms with Crippen LogP contribution in [0.3, 0.4) is 0 Å². The largest absolute Gasteiger partial charge is 0.220 e. The molecule has 0 amide bonds. The third-order valence-electron chi connectivity index (χ3n) is 0.946. The molecule has 1 nitrogen and oxygen atoms in total. The van der Waals surface area contributed by atoms with Gasteiger partial charge in [0.25, 0.3) is 0 Å². The van der Waals surface area contributed by atoms with Gasteiger partial charge in [-0.15, -0.1) is 0 Å². The molecule has 0 radical (unpaired) electrons. The van der Waals surface area contributed by atoms with Crippen LogP contribution in [0.2, 0.25) is 0 Å². The smallest absolute Gasteiger partial charge is 0.213 e. The van der Waals surface area contributed by atoms with E-state index < -0.39 is 5.95 Å². The Labute approximate surface area is 52.9 Å². The molecule has 46 valence electrons. The monoisotopic (exact) mass is 123 g/mol. The first-order valence-corrected chi connectivity index (χ1v) is 2.58. The molecule has 1 heterocycles. The summed E-state index contributed by atoms with van der Waals surface area (Å²) in [5, 5.41) is 0. The maximum absolute atomic E-state index is 12.2. The first kappa shape index (κ1) is 5.95. The zero-order valence-electron chi connectivity index (χ0n) is 4.84. The molecule has 0 spiro atoms. The summed E-state index contributed by atoms with van der Waals surface area (Å²) in [5.74, 6) is -0.465. The minimum absolute atomic E-state index is 0.465. The molecule has 0 fully saturated rings. The van der Waals surface area contributed by atoms with Gasteiger partial charge in [-0.25, -0.2) is 4.98 Å². The van der Waals surface area contributed by atoms with E-state index in [0.29, 0.717) is 5.69 Å². The minimum Gasteiger partial charge on any atom is -0.220 e. The lowest BCUT2D eigenvalue weighted by molar-refractivity contribution is 0.583. The van der Waals surface area contributed by atoms with Crippen molar-refractivity contribution in [1.29, 1.82) is 0 Å². The van der Waals surface area contributed by atoms with E-state index >= 15 is 0 Å². The zero-order chi connectivity index (χ0) is 6.69. The van der Waals surface area contributed by atoms with E-state index in [2.05, 4.69) is 11.6 Å². The number of hydrogen-bond acceptors (Lipinski definition) is 1. The molecule has 0 aliphatic heterocycles. The lowest BCUT2D eigenvalue weighted by atomic mass is 10.3. The fraction of sp³-hybridized carbons (Fsp3) is 0. The average Bonchev–Trinajstić information content (AvgIpc) is 1.88. The molecule has 1 rings (SSSR count). The lowest BCUT2D eigenvalue weighted by Gasteiger charge is -1.88. The molecule has 2 heteroatoms. The van der Waals surface area contributed by atoms with Gasteiger partial charge in [-0.05, 0) is 18.2 Å². The standard InChI is InChI=1S/C7H6FN/c1-2-6-4-3-5-7(8)9-6/h2-5H,1H2. The Hall–Kier alpha value is -1.18. The topological polar surface area (TPSA) is 12.9 Å². The van der Waals surface area contributed by atoms with E-state index in [0.717, 1.165) is 0 Å². The zero-order valence-corrected chi connectivity index (χ0v) is 4.84. The SMILES string of the molecule is C=Cc1cccc(F)n1. The number of rotatable bonds is 1. The maximum Gasteiger partial charge on any atom is 0.213 e. The predicted octanol–water partition coefficient (Wildman–Crippen LogP) is 1.86. The van der Waals surface area contributed by atoms with Gasteiger partial charge >= 0.3 is 0 Å². The molecule has 1 aromatic heterocycles. The van der Waals surface area contributed by atoms with Crippen molar-refractivity contribution in [3.8, 4) is 0 Å². The van der Waals surface area contributed by atoms with Crippen LogP contribution in [-0.2, 0) is 0 Å². The van der Waals surface area contributed by atoms with Gasteiger partial charge < -0.3 is 0 Å². The molecule has 0 N–H and O–H groups in total. The van der Waals surface area contributed by atoms with Crippen molar-refractivity contribution in [3.63, 3.8) is 0 Å². The van der Waals surface area contributed by atoms with Crippen molar-refractivity contribution in [3.05, 3.63) is 36.4 Å². The Balaban J connectivity index is 3.07. The average molecular weight is 123 g/mol. The van der Waals surface area contributed by atoms with Crippen molar-refractivity contribution in [1.82, 2.24) is 4.98 Å². The van der Waals surface area contributed by atoms with Crippen LogP contribution in [-0.4, -0.2) is 4.98 Å². The highest BCUT2D eigenvalue weighted by atomic mass is 19.1. The lowest BCUT2D eigenvalue weighted by Crippen LogP contribution is -1.82. The molecule has 0 bridgehead atoms. The number of nitrogens with zero attached hydrogens (tertiary/aromatic N) is 1. The van der Waals surface area contributed by atoms with E-state index in [9.17, 15) is 4.39 Å². The van der Waals surface area contributed by atoms with E-state index in [4.69, 9.17) is 0 Å². The van der Waals surface area contributed by atoms with Crippen LogP contribution in [0, 0.1) is 5.95 Å². The number of hydrogen-bond donors (Lipinski definition) is 0. The Morgan fingerprint density at radius 3 is 2.78 bits per heavy atom. The highest BCUT2D eigenvalue weighted by molar-refractivity contribution is 5.40. The van der Waals surface area contributed by atoms with Crippen LogP contribution in [0.5, 0.6) is 0 Å². The third kappa shape index (κ3) is 1.35. The van der Waals surface area contributed by atoms with Gasteiger partial charge in [0.2, 0.25) is 5.95 Å². The molecule has 0 saturated carbocycles. The summed E-state index contributed by atoms with van der Waals surface area (Å²) >= 11 is 0. The predicted molar refractivity (Wildman–Crippen MR) is 34.3 cm³/mol. The quantitative estimate of drug-likeness (QED) is 0.519. The Bertz CT molecular complexity index is 220. The minimum atomic E-state index is -0.465. The van der Waals surface area contributed by atoms with E-state index in [-0.39, 0.29) is 0 Å². The fourth-order valence-corrected chi connectivity index (χ4v) is 0.538. The summed E-state index contributed by atoms with van der Waals surface area (Å²) in [4.78, 5) is 3.51. The van der Waals surface area contributed by atoms with Crippen LogP contribution in [0.1, 0.15) is 5.69 Å². The molecule has 0 unspecified atom stereocenters. The molecule has 0 aliphatic rings. The van der Waals surface area contributed by atoms with Gasteiger partial charge in [0.05, 0.1) is 5.69 Å². The normalized spacial score (nSPS) is 9.00. The first-order chi connectivity index (χ1) is 4.33. The van der Waals surface area contributed by atoms with Gasteiger partial charge in [-0.2, -0.15) is 4.39 Å². The first-order valence-electron chi connectivity index (χ1n) is 2.58. The molecule has 0 aromatic carbocycles. The molecule has 0 atom stereocenters. The van der Waals surface area contributed by atoms with Gasteiger partial charge in [-0.1, -0.05) is 12.6 Å². The molecule has 0 aliphatic carbocycles. The third-order valence-corrected chi connectivity index (χ3v) is 0.946. The summed E-state index contributed by atoms with van der Waals surface area (Å²) in [6, 6.07) is 4.59. The van der Waals surface area contributed by atoms with Crippen LogP contribution in [0.25, 0.3) is 6.08 Å². The second kappa shape index (κ2) is 2.40. The van der Waals surface area contributed by atoms with Gasteiger partial charge in [0.1, 0.15) is 0 Å². The van der Waals surface area contributed by atoms with Crippen molar-refractivity contribution < 1.29 is 4.39 Å². The van der Waals surface area contributed by atoms with Crippen molar-refractivity contribution in [2.24, 2.45) is 0 Å². The summed E-state index contributed by atoms with van der Waals surface area (Å²) in [6.45, 7) is 3.44. The van der Waals surface area contributed by atoms with Gasteiger partial charge in [-0.3, -0.25) is 0 Å². The maximum atomic E-state index is 12.2. The Morgan fingerprint density at radius 1 is 1.56 bits per heavy atom. The van der Waals surface area contributed by atoms with Crippen LogP contribution >= 0.6 is 0 Å². The van der Waals surface area contributed by atoms with Crippen molar-refractivity contribution >= 4 is 6.08 Å². The number of aromatic nitrogens is 1. The van der Waals surface area contributed by atoms with E-state index in [1.165, 1.54) is 12.1 Å². The number of pyridine rings is 1. The fourth-order valence-electron chi connectivity index (χ4n) is 0.538. The van der Waals surface area contributed by atoms with Crippen LogP contribution in [0.4, 0.5) is 4.39 Å². The summed E-state index contributed by atoms with van der Waals surface area (Å²) in [6.07, 6.45) is 1.50. The van der Waals surface area contributed by atoms with Gasteiger partial charge in [0.15, 0.2) is 0 Å². The van der Waals surface area contributed by atoms with E-state index in [1.807, 2.05) is 0 Å². The summed E-state index contributed by atoms with van der Waals surface area (Å²) in [5.41, 5.74) is 0.565. The second-order valence-electron chi connectivity index (χ2n) is 1.59. The van der Waals surface area contributed by atoms with E-state index in [1.54, 1.807) is 12.1 Å². The molecular weight excluding hydrogens is 117 g/mol. The molecular formula is C7H6FN. The summed E-state index contributed by atoms with van der Waals surface area (Å²) < 4.78 is 12.2. The van der Waals surface area contributed by atoms with Crippen molar-refractivity contribution in [2.75, 3.05) is 0 Å². The van der Waals surface area contributed by atoms with Crippen LogP contribution in [0.15, 0.2) is 24.8 Å². The Kier molecular flexibility index (Phi) is 1.58. The molecule has 9 heavy (non-hydrogen) atoms. The molecule has 0 saturated heterocycles. The summed E-state index contributed by atoms with van der Waals surface area (Å²) in [7, 11) is 0. The van der Waals surface area contributed by atoms with Gasteiger partial charge in [0, 0.05) is 0 Å². The second-order valence-corrected chi connectivity index (χ2v) is 1.59. The highest BCUT2D eigenvalue weighted by Gasteiger charge is 1.88. The molecule has 1 aromatic rings. The van der Waals surface area contributed by atoms with Crippen LogP contribution < -0.4 is 0 Å². The Morgan fingerprint density at radius 2 is 2.33 bits per heavy atom. The highest BCUT2D eigenvalue weighted by Crippen LogP contribution is 1.97.